The average molecular weight is 399 g/mol. The van der Waals surface area contributed by atoms with Crippen molar-refractivity contribution < 1.29 is 8.42 Å². The van der Waals surface area contributed by atoms with E-state index in [0.29, 0.717) is 23.1 Å². The van der Waals surface area contributed by atoms with Crippen LogP contribution in [0.3, 0.4) is 0 Å². The maximum atomic E-state index is 13.1. The summed E-state index contributed by atoms with van der Waals surface area (Å²) in [5.74, 6) is 0. The van der Waals surface area contributed by atoms with Crippen molar-refractivity contribution in [3.8, 4) is 0 Å². The summed E-state index contributed by atoms with van der Waals surface area (Å²) < 4.78 is 29.0. The van der Waals surface area contributed by atoms with Crippen LogP contribution >= 0.6 is 23.2 Å². The fourth-order valence-electron chi connectivity index (χ4n) is 3.08. The first-order chi connectivity index (χ1) is 11.8. The lowest BCUT2D eigenvalue weighted by Crippen LogP contribution is -2.45. The quantitative estimate of drug-likeness (QED) is 0.770. The standard InChI is InChI=1S/C18H20Cl2N2O2S/c1-13(17-8-7-16(19)11-18(17)20)21(2)25(23,24)22-10-9-14-5-3-4-6-15(14)12-22/h3-8,11,13H,9-10,12H2,1-2H3. The number of nitrogens with zero attached hydrogens (tertiary/aromatic N) is 2. The van der Waals surface area contributed by atoms with E-state index in [9.17, 15) is 8.42 Å². The summed E-state index contributed by atoms with van der Waals surface area (Å²) in [6.07, 6.45) is 0.722. The molecule has 1 unspecified atom stereocenters. The molecule has 1 atom stereocenters. The fourth-order valence-corrected chi connectivity index (χ4v) is 5.15. The van der Waals surface area contributed by atoms with Gasteiger partial charge in [0.1, 0.15) is 0 Å². The predicted molar refractivity (Wildman–Crippen MR) is 102 cm³/mol. The molecule has 2 aromatic rings. The molecule has 2 aromatic carbocycles. The van der Waals surface area contributed by atoms with Crippen LogP contribution in [0.15, 0.2) is 42.5 Å². The molecule has 0 N–H and O–H groups in total. The second kappa shape index (κ2) is 7.25. The Kier molecular flexibility index (Phi) is 5.42. The molecule has 134 valence electrons. The minimum Gasteiger partial charge on any atom is -0.195 e. The predicted octanol–water partition coefficient (Wildman–Crippen LogP) is 4.29. The van der Waals surface area contributed by atoms with Gasteiger partial charge in [-0.25, -0.2) is 0 Å². The van der Waals surface area contributed by atoms with E-state index in [-0.39, 0.29) is 0 Å². The third-order valence-electron chi connectivity index (χ3n) is 4.74. The van der Waals surface area contributed by atoms with Crippen molar-refractivity contribution in [1.82, 2.24) is 8.61 Å². The maximum absolute atomic E-state index is 13.1. The maximum Gasteiger partial charge on any atom is 0.282 e. The Hall–Kier alpha value is -1.11. The lowest BCUT2D eigenvalue weighted by molar-refractivity contribution is 0.318. The van der Waals surface area contributed by atoms with Crippen molar-refractivity contribution in [3.63, 3.8) is 0 Å². The van der Waals surface area contributed by atoms with Crippen molar-refractivity contribution in [2.45, 2.75) is 25.9 Å². The smallest absolute Gasteiger partial charge is 0.195 e. The van der Waals surface area contributed by atoms with E-state index in [1.54, 1.807) is 25.2 Å². The van der Waals surface area contributed by atoms with Crippen LogP contribution in [0.25, 0.3) is 0 Å². The molecular weight excluding hydrogens is 379 g/mol. The van der Waals surface area contributed by atoms with E-state index in [4.69, 9.17) is 23.2 Å². The Balaban J connectivity index is 1.84. The van der Waals surface area contributed by atoms with Crippen LogP contribution in [0.1, 0.15) is 29.7 Å². The van der Waals surface area contributed by atoms with Crippen molar-refractivity contribution >= 4 is 33.4 Å². The Labute approximate surface area is 159 Å². The third-order valence-corrected chi connectivity index (χ3v) is 7.31. The van der Waals surface area contributed by atoms with Crippen LogP contribution in [-0.2, 0) is 23.2 Å². The van der Waals surface area contributed by atoms with Gasteiger partial charge in [0.2, 0.25) is 0 Å². The van der Waals surface area contributed by atoms with Gasteiger partial charge in [-0.05, 0) is 42.2 Å². The summed E-state index contributed by atoms with van der Waals surface area (Å²) >= 11 is 12.2. The average Bonchev–Trinajstić information content (AvgIpc) is 2.60. The van der Waals surface area contributed by atoms with Crippen LogP contribution in [0.5, 0.6) is 0 Å². The summed E-state index contributed by atoms with van der Waals surface area (Å²) in [5, 5.41) is 0.991. The lowest BCUT2D eigenvalue weighted by atomic mass is 10.0. The van der Waals surface area contributed by atoms with Gasteiger partial charge < -0.3 is 0 Å². The van der Waals surface area contributed by atoms with Gasteiger partial charge in [-0.15, -0.1) is 0 Å². The monoisotopic (exact) mass is 398 g/mol. The zero-order valence-corrected chi connectivity index (χ0v) is 16.4. The highest BCUT2D eigenvalue weighted by Crippen LogP contribution is 2.32. The minimum absolute atomic E-state index is 0.393. The molecular formula is C18H20Cl2N2O2S. The molecule has 1 heterocycles. The van der Waals surface area contributed by atoms with E-state index in [1.807, 2.05) is 25.1 Å². The topological polar surface area (TPSA) is 40.6 Å². The van der Waals surface area contributed by atoms with Gasteiger partial charge >= 0.3 is 0 Å². The van der Waals surface area contributed by atoms with Gasteiger partial charge in [-0.3, -0.25) is 0 Å². The van der Waals surface area contributed by atoms with Crippen LogP contribution < -0.4 is 0 Å². The molecule has 1 aliphatic rings. The number of hydrogen-bond acceptors (Lipinski definition) is 2. The van der Waals surface area contributed by atoms with E-state index in [2.05, 4.69) is 6.07 Å². The first kappa shape index (κ1) is 18.7. The molecule has 0 saturated carbocycles. The van der Waals surface area contributed by atoms with Crippen molar-refractivity contribution in [3.05, 3.63) is 69.2 Å². The molecule has 0 bridgehead atoms. The zero-order chi connectivity index (χ0) is 18.2. The zero-order valence-electron chi connectivity index (χ0n) is 14.1. The van der Waals surface area contributed by atoms with Crippen LogP contribution in [-0.4, -0.2) is 30.6 Å². The molecule has 0 spiro atoms. The van der Waals surface area contributed by atoms with Gasteiger partial charge in [0, 0.05) is 36.2 Å². The Bertz CT molecular complexity index is 886. The number of rotatable bonds is 4. The van der Waals surface area contributed by atoms with Gasteiger partial charge in [0.05, 0.1) is 0 Å². The minimum atomic E-state index is -3.60. The highest BCUT2D eigenvalue weighted by Gasteiger charge is 2.33. The van der Waals surface area contributed by atoms with E-state index >= 15 is 0 Å². The summed E-state index contributed by atoms with van der Waals surface area (Å²) in [6, 6.07) is 12.7. The number of fused-ring (bicyclic) bond motifs is 1. The Morgan fingerprint density at radius 2 is 1.80 bits per heavy atom. The molecule has 4 nitrogen and oxygen atoms in total. The Morgan fingerprint density at radius 1 is 1.12 bits per heavy atom. The third kappa shape index (κ3) is 3.71. The summed E-state index contributed by atoms with van der Waals surface area (Å²) in [4.78, 5) is 0. The molecule has 0 aromatic heterocycles. The van der Waals surface area contributed by atoms with Gasteiger partial charge in [-0.2, -0.15) is 17.0 Å². The largest absolute Gasteiger partial charge is 0.282 e. The highest BCUT2D eigenvalue weighted by molar-refractivity contribution is 7.86. The van der Waals surface area contributed by atoms with Crippen molar-refractivity contribution in [2.75, 3.05) is 13.6 Å². The summed E-state index contributed by atoms with van der Waals surface area (Å²) in [6.45, 7) is 2.69. The van der Waals surface area contributed by atoms with Gasteiger partial charge in [-0.1, -0.05) is 53.5 Å². The van der Waals surface area contributed by atoms with Crippen LogP contribution in [0.2, 0.25) is 10.0 Å². The molecule has 3 rings (SSSR count). The van der Waals surface area contributed by atoms with E-state index < -0.39 is 16.3 Å². The number of benzene rings is 2. The highest BCUT2D eigenvalue weighted by atomic mass is 35.5. The number of hydrogen-bond donors (Lipinski definition) is 0. The SMILES string of the molecule is CC(c1ccc(Cl)cc1Cl)N(C)S(=O)(=O)N1CCc2ccccc2C1. The van der Waals surface area contributed by atoms with E-state index in [0.717, 1.165) is 17.5 Å². The van der Waals surface area contributed by atoms with Gasteiger partial charge in [0.15, 0.2) is 0 Å². The first-order valence-electron chi connectivity index (χ1n) is 8.05. The molecule has 7 heteroatoms. The second-order valence-electron chi connectivity index (χ2n) is 6.22. The molecule has 0 radical (unpaired) electrons. The van der Waals surface area contributed by atoms with Crippen molar-refractivity contribution in [2.24, 2.45) is 0 Å². The van der Waals surface area contributed by atoms with E-state index in [1.165, 1.54) is 14.2 Å². The molecule has 25 heavy (non-hydrogen) atoms. The van der Waals surface area contributed by atoms with Crippen LogP contribution in [0, 0.1) is 0 Å². The summed E-state index contributed by atoms with van der Waals surface area (Å²) in [7, 11) is -2.02. The van der Waals surface area contributed by atoms with Crippen LogP contribution in [0.4, 0.5) is 0 Å². The molecule has 0 saturated heterocycles. The molecule has 0 fully saturated rings. The van der Waals surface area contributed by atoms with Gasteiger partial charge in [0.25, 0.3) is 10.2 Å². The summed E-state index contributed by atoms with van der Waals surface area (Å²) in [5.41, 5.74) is 3.00. The Morgan fingerprint density at radius 3 is 2.48 bits per heavy atom. The molecule has 1 aliphatic heterocycles. The number of halogens is 2. The second-order valence-corrected chi connectivity index (χ2v) is 9.05. The molecule has 0 amide bonds. The molecule has 0 aliphatic carbocycles. The van der Waals surface area contributed by atoms with Crippen molar-refractivity contribution in [1.29, 1.82) is 0 Å². The normalized spacial score (nSPS) is 16.7. The fraction of sp³-hybridized carbons (Fsp3) is 0.333. The lowest BCUT2D eigenvalue weighted by Gasteiger charge is -2.34. The first-order valence-corrected chi connectivity index (χ1v) is 10.2.